The summed E-state index contributed by atoms with van der Waals surface area (Å²) in [5.41, 5.74) is 0.0202. The van der Waals surface area contributed by atoms with Crippen molar-refractivity contribution in [2.75, 3.05) is 0 Å². The van der Waals surface area contributed by atoms with Crippen LogP contribution in [0.3, 0.4) is 0 Å². The highest BCUT2D eigenvalue weighted by atomic mass is 32.1. The standard InChI is InChI=1S/C5H7NOS.C2H6/c1-2-4-3-5(7)6-8-4;1-2/h3H,2H2,1H3,(H,6,7);1-2H3. The Morgan fingerprint density at radius 3 is 2.40 bits per heavy atom. The molecule has 0 saturated carbocycles. The summed E-state index contributed by atoms with van der Waals surface area (Å²) in [4.78, 5) is 11.5. The maximum absolute atomic E-state index is 10.4. The van der Waals surface area contributed by atoms with E-state index in [-0.39, 0.29) is 5.56 Å². The van der Waals surface area contributed by atoms with Crippen LogP contribution in [0.2, 0.25) is 0 Å². The average Bonchev–Trinajstić information content (AvgIpc) is 2.40. The second-order valence-electron chi connectivity index (χ2n) is 1.53. The number of rotatable bonds is 1. The molecule has 1 aromatic rings. The molecular formula is C7H13NOS. The van der Waals surface area contributed by atoms with Crippen molar-refractivity contribution in [1.29, 1.82) is 0 Å². The lowest BCUT2D eigenvalue weighted by molar-refractivity contribution is 1.18. The molecular weight excluding hydrogens is 146 g/mol. The van der Waals surface area contributed by atoms with Crippen LogP contribution < -0.4 is 5.56 Å². The van der Waals surface area contributed by atoms with E-state index >= 15 is 0 Å². The summed E-state index contributed by atoms with van der Waals surface area (Å²) < 4.78 is 2.61. The molecule has 0 unspecified atom stereocenters. The molecule has 58 valence electrons. The zero-order valence-corrected chi connectivity index (χ0v) is 7.42. The molecule has 1 aromatic heterocycles. The minimum atomic E-state index is 0.0202. The van der Waals surface area contributed by atoms with Crippen molar-refractivity contribution in [3.05, 3.63) is 21.3 Å². The Bertz CT molecular complexity index is 213. The number of nitrogens with one attached hydrogen (secondary N) is 1. The minimum Gasteiger partial charge on any atom is -0.278 e. The van der Waals surface area contributed by atoms with Crippen molar-refractivity contribution >= 4 is 11.5 Å². The molecule has 0 aliphatic carbocycles. The third kappa shape index (κ3) is 2.82. The van der Waals surface area contributed by atoms with E-state index in [1.807, 2.05) is 20.8 Å². The van der Waals surface area contributed by atoms with Crippen LogP contribution in [0.1, 0.15) is 25.6 Å². The number of aryl methyl sites for hydroxylation is 1. The number of H-pyrrole nitrogens is 1. The van der Waals surface area contributed by atoms with Gasteiger partial charge in [-0.25, -0.2) is 0 Å². The Kier molecular flexibility index (Phi) is 4.94. The van der Waals surface area contributed by atoms with Gasteiger partial charge < -0.3 is 0 Å². The van der Waals surface area contributed by atoms with E-state index in [1.54, 1.807) is 6.07 Å². The molecule has 0 amide bonds. The van der Waals surface area contributed by atoms with Crippen LogP contribution in [0.25, 0.3) is 0 Å². The zero-order valence-electron chi connectivity index (χ0n) is 6.60. The molecule has 10 heavy (non-hydrogen) atoms. The van der Waals surface area contributed by atoms with Crippen molar-refractivity contribution in [1.82, 2.24) is 4.37 Å². The van der Waals surface area contributed by atoms with E-state index in [4.69, 9.17) is 0 Å². The Morgan fingerprint density at radius 1 is 1.60 bits per heavy atom. The largest absolute Gasteiger partial charge is 0.278 e. The van der Waals surface area contributed by atoms with Gasteiger partial charge in [0.25, 0.3) is 5.56 Å². The first-order valence-corrected chi connectivity index (χ1v) is 4.32. The monoisotopic (exact) mass is 159 g/mol. The molecule has 1 N–H and O–H groups in total. The molecule has 0 fully saturated rings. The second-order valence-corrected chi connectivity index (χ2v) is 2.47. The first-order valence-electron chi connectivity index (χ1n) is 3.50. The van der Waals surface area contributed by atoms with Gasteiger partial charge in [-0.2, -0.15) is 0 Å². The summed E-state index contributed by atoms with van der Waals surface area (Å²) in [7, 11) is 0. The summed E-state index contributed by atoms with van der Waals surface area (Å²) in [5.74, 6) is 0. The fourth-order valence-corrected chi connectivity index (χ4v) is 1.10. The quantitative estimate of drug-likeness (QED) is 0.668. The van der Waals surface area contributed by atoms with Gasteiger partial charge in [-0.1, -0.05) is 32.3 Å². The van der Waals surface area contributed by atoms with Gasteiger partial charge in [-0.3, -0.25) is 9.17 Å². The third-order valence-electron chi connectivity index (χ3n) is 0.923. The molecule has 3 heteroatoms. The van der Waals surface area contributed by atoms with E-state index in [0.717, 1.165) is 11.3 Å². The van der Waals surface area contributed by atoms with Gasteiger partial charge >= 0.3 is 0 Å². The number of aromatic amines is 1. The van der Waals surface area contributed by atoms with Crippen LogP contribution in [0.15, 0.2) is 10.9 Å². The number of hydrogen-bond acceptors (Lipinski definition) is 2. The maximum atomic E-state index is 10.4. The lowest BCUT2D eigenvalue weighted by Gasteiger charge is -1.76. The molecule has 0 aliphatic rings. The van der Waals surface area contributed by atoms with E-state index in [0.29, 0.717) is 0 Å². The van der Waals surface area contributed by atoms with Gasteiger partial charge in [0, 0.05) is 10.9 Å². The van der Waals surface area contributed by atoms with Crippen LogP contribution >= 0.6 is 11.5 Å². The Labute approximate surface area is 65.1 Å². The SMILES string of the molecule is CC.CCc1cc(=O)[nH]s1. The number of aromatic nitrogens is 1. The van der Waals surface area contributed by atoms with Gasteiger partial charge in [0.15, 0.2) is 0 Å². The molecule has 2 nitrogen and oxygen atoms in total. The number of hydrogen-bond donors (Lipinski definition) is 1. The summed E-state index contributed by atoms with van der Waals surface area (Å²) in [6.45, 7) is 6.03. The van der Waals surface area contributed by atoms with Crippen molar-refractivity contribution in [2.45, 2.75) is 27.2 Å². The predicted molar refractivity (Wildman–Crippen MR) is 45.7 cm³/mol. The smallest absolute Gasteiger partial charge is 0.258 e. The van der Waals surface area contributed by atoms with Crippen LogP contribution in [0, 0.1) is 0 Å². The van der Waals surface area contributed by atoms with Gasteiger partial charge in [0.05, 0.1) is 0 Å². The first-order chi connectivity index (χ1) is 4.83. The molecule has 0 spiro atoms. The summed E-state index contributed by atoms with van der Waals surface area (Å²) >= 11 is 1.41. The van der Waals surface area contributed by atoms with E-state index < -0.39 is 0 Å². The Hall–Kier alpha value is -0.570. The fourth-order valence-electron chi connectivity index (χ4n) is 0.495. The van der Waals surface area contributed by atoms with Crippen molar-refractivity contribution < 1.29 is 0 Å². The zero-order chi connectivity index (χ0) is 7.98. The molecule has 0 aliphatic heterocycles. The topological polar surface area (TPSA) is 32.9 Å². The van der Waals surface area contributed by atoms with Crippen LogP contribution in [0.5, 0.6) is 0 Å². The van der Waals surface area contributed by atoms with Crippen molar-refractivity contribution in [3.63, 3.8) is 0 Å². The van der Waals surface area contributed by atoms with Gasteiger partial charge in [0.1, 0.15) is 0 Å². The molecule has 0 aromatic carbocycles. The molecule has 0 atom stereocenters. The second kappa shape index (κ2) is 5.23. The first kappa shape index (κ1) is 9.43. The van der Waals surface area contributed by atoms with E-state index in [9.17, 15) is 4.79 Å². The lowest BCUT2D eigenvalue weighted by atomic mass is 10.4. The predicted octanol–water partition coefficient (Wildman–Crippen LogP) is 2.02. The average molecular weight is 159 g/mol. The summed E-state index contributed by atoms with van der Waals surface area (Å²) in [5, 5.41) is 0. The van der Waals surface area contributed by atoms with Crippen molar-refractivity contribution in [2.24, 2.45) is 0 Å². The van der Waals surface area contributed by atoms with E-state index in [1.165, 1.54) is 11.5 Å². The highest BCUT2D eigenvalue weighted by Crippen LogP contribution is 1.99. The van der Waals surface area contributed by atoms with Gasteiger partial charge in [-0.05, 0) is 6.42 Å². The minimum absolute atomic E-state index is 0.0202. The highest BCUT2D eigenvalue weighted by molar-refractivity contribution is 7.05. The molecule has 1 rings (SSSR count). The fraction of sp³-hybridized carbons (Fsp3) is 0.571. The highest BCUT2D eigenvalue weighted by Gasteiger charge is 1.89. The van der Waals surface area contributed by atoms with Crippen molar-refractivity contribution in [3.8, 4) is 0 Å². The molecule has 0 saturated heterocycles. The van der Waals surface area contributed by atoms with Gasteiger partial charge in [-0.15, -0.1) is 0 Å². The Morgan fingerprint density at radius 2 is 2.20 bits per heavy atom. The Balaban J connectivity index is 0.000000371. The van der Waals surface area contributed by atoms with E-state index in [2.05, 4.69) is 4.37 Å². The van der Waals surface area contributed by atoms with Crippen LogP contribution in [-0.4, -0.2) is 4.37 Å². The maximum Gasteiger partial charge on any atom is 0.258 e. The third-order valence-corrected chi connectivity index (χ3v) is 1.90. The lowest BCUT2D eigenvalue weighted by Crippen LogP contribution is -1.92. The van der Waals surface area contributed by atoms with Crippen LogP contribution in [0.4, 0.5) is 0 Å². The summed E-state index contributed by atoms with van der Waals surface area (Å²) in [6, 6.07) is 1.63. The summed E-state index contributed by atoms with van der Waals surface area (Å²) in [6.07, 6.45) is 0.948. The van der Waals surface area contributed by atoms with Gasteiger partial charge in [0.2, 0.25) is 0 Å². The molecule has 1 heterocycles. The van der Waals surface area contributed by atoms with Crippen LogP contribution in [-0.2, 0) is 6.42 Å². The molecule has 0 bridgehead atoms. The molecule has 0 radical (unpaired) electrons. The normalized spacial score (nSPS) is 8.30.